The molecule has 0 aliphatic heterocycles. The lowest BCUT2D eigenvalue weighted by Crippen LogP contribution is -2.25. The summed E-state index contributed by atoms with van der Waals surface area (Å²) >= 11 is 0. The molecule has 0 saturated heterocycles. The van der Waals surface area contributed by atoms with Crippen LogP contribution in [-0.4, -0.2) is 30.3 Å². The average molecular weight is 448 g/mol. The summed E-state index contributed by atoms with van der Waals surface area (Å²) in [4.78, 5) is 24.6. The molecular weight excluding hydrogens is 428 g/mol. The van der Waals surface area contributed by atoms with Gasteiger partial charge in [-0.2, -0.15) is 5.26 Å². The lowest BCUT2D eigenvalue weighted by molar-refractivity contribution is 0.204. The van der Waals surface area contributed by atoms with Gasteiger partial charge >= 0.3 is 6.09 Å². The van der Waals surface area contributed by atoms with E-state index in [1.54, 1.807) is 34.5 Å². The maximum Gasteiger partial charge on any atom is 0.434 e. The topological polar surface area (TPSA) is 109 Å². The lowest BCUT2D eigenvalue weighted by Gasteiger charge is -2.11. The molecule has 0 atom stereocenters. The fourth-order valence-corrected chi connectivity index (χ4v) is 4.18. The zero-order valence-electron chi connectivity index (χ0n) is 18.8. The quantitative estimate of drug-likeness (QED) is 0.423. The maximum atomic E-state index is 11.7. The van der Waals surface area contributed by atoms with Gasteiger partial charge in [0.25, 0.3) is 0 Å². The van der Waals surface area contributed by atoms with Crippen LogP contribution < -0.4 is 5.62 Å². The van der Waals surface area contributed by atoms with Gasteiger partial charge in [0.15, 0.2) is 0 Å². The SMILES string of the molecule is Cc1ccc(-c2ccc3ncc4c(c3c2)n(-c2cc(C#N)ccc2C)/c(=N/C(=O)O)n4C)cn1. The number of nitrogens with zero attached hydrogens (tertiary/aromatic N) is 6. The molecule has 1 N–H and O–H groups in total. The highest BCUT2D eigenvalue weighted by molar-refractivity contribution is 6.04. The van der Waals surface area contributed by atoms with Crippen molar-refractivity contribution < 1.29 is 9.90 Å². The smallest absolute Gasteiger partial charge is 0.434 e. The first-order valence-corrected chi connectivity index (χ1v) is 10.6. The van der Waals surface area contributed by atoms with E-state index in [0.717, 1.165) is 38.8 Å². The fourth-order valence-electron chi connectivity index (χ4n) is 4.18. The number of rotatable bonds is 2. The second-order valence-electron chi connectivity index (χ2n) is 8.11. The van der Waals surface area contributed by atoms with Crippen molar-refractivity contribution in [3.63, 3.8) is 0 Å². The second kappa shape index (κ2) is 7.98. The van der Waals surface area contributed by atoms with Gasteiger partial charge in [-0.1, -0.05) is 18.2 Å². The number of benzene rings is 2. The van der Waals surface area contributed by atoms with Crippen LogP contribution in [0, 0.1) is 25.2 Å². The zero-order chi connectivity index (χ0) is 24.0. The molecule has 5 rings (SSSR count). The van der Waals surface area contributed by atoms with E-state index in [1.807, 2.05) is 56.4 Å². The van der Waals surface area contributed by atoms with Gasteiger partial charge in [0.05, 0.1) is 40.1 Å². The molecule has 0 spiro atoms. The first kappa shape index (κ1) is 21.1. The highest BCUT2D eigenvalue weighted by Crippen LogP contribution is 2.30. The van der Waals surface area contributed by atoms with Gasteiger partial charge in [-0.3, -0.25) is 14.5 Å². The van der Waals surface area contributed by atoms with Crippen LogP contribution in [-0.2, 0) is 7.05 Å². The largest absolute Gasteiger partial charge is 0.463 e. The summed E-state index contributed by atoms with van der Waals surface area (Å²) in [7, 11) is 1.76. The van der Waals surface area contributed by atoms with Crippen molar-refractivity contribution in [2.75, 3.05) is 0 Å². The van der Waals surface area contributed by atoms with E-state index in [2.05, 4.69) is 21.0 Å². The summed E-state index contributed by atoms with van der Waals surface area (Å²) in [5.41, 5.74) is 7.33. The Bertz CT molecular complexity index is 1720. The number of nitriles is 1. The predicted octanol–water partition coefficient (Wildman–Crippen LogP) is 4.65. The van der Waals surface area contributed by atoms with Gasteiger partial charge in [0.1, 0.15) is 0 Å². The number of carboxylic acid groups (broad SMARTS) is 1. The summed E-state index contributed by atoms with van der Waals surface area (Å²) in [5, 5.41) is 19.8. The van der Waals surface area contributed by atoms with Crippen molar-refractivity contribution in [2.24, 2.45) is 12.0 Å². The molecule has 166 valence electrons. The Balaban J connectivity index is 1.96. The summed E-state index contributed by atoms with van der Waals surface area (Å²) < 4.78 is 3.50. The van der Waals surface area contributed by atoms with Crippen LogP contribution in [0.15, 0.2) is 65.9 Å². The minimum atomic E-state index is -1.31. The van der Waals surface area contributed by atoms with E-state index in [-0.39, 0.29) is 5.62 Å². The highest BCUT2D eigenvalue weighted by Gasteiger charge is 2.18. The number of imidazole rings is 1. The Morgan fingerprint density at radius 2 is 1.82 bits per heavy atom. The molecular formula is C26H20N6O2. The van der Waals surface area contributed by atoms with E-state index in [9.17, 15) is 15.2 Å². The number of hydrogen-bond donors (Lipinski definition) is 1. The first-order valence-electron chi connectivity index (χ1n) is 10.6. The molecule has 0 unspecified atom stereocenters. The lowest BCUT2D eigenvalue weighted by atomic mass is 10.0. The third-order valence-corrected chi connectivity index (χ3v) is 5.92. The average Bonchev–Trinajstić information content (AvgIpc) is 3.11. The van der Waals surface area contributed by atoms with E-state index >= 15 is 0 Å². The summed E-state index contributed by atoms with van der Waals surface area (Å²) in [6.45, 7) is 3.86. The molecule has 3 aromatic heterocycles. The molecule has 0 aliphatic rings. The molecule has 5 aromatic rings. The van der Waals surface area contributed by atoms with Crippen molar-refractivity contribution in [2.45, 2.75) is 13.8 Å². The third kappa shape index (κ3) is 3.40. The Labute approximate surface area is 194 Å². The Kier molecular flexibility index (Phi) is 4.95. The van der Waals surface area contributed by atoms with Crippen molar-refractivity contribution in [1.29, 1.82) is 5.26 Å². The van der Waals surface area contributed by atoms with Crippen molar-refractivity contribution in [3.8, 4) is 22.9 Å². The summed E-state index contributed by atoms with van der Waals surface area (Å²) in [6, 6.07) is 17.4. The maximum absolute atomic E-state index is 11.7. The number of aromatic nitrogens is 4. The number of fused-ring (bicyclic) bond motifs is 3. The normalized spacial score (nSPS) is 11.8. The van der Waals surface area contributed by atoms with Gasteiger partial charge in [0.2, 0.25) is 5.62 Å². The molecule has 1 amide bonds. The first-order chi connectivity index (χ1) is 16.4. The molecule has 8 heteroatoms. The molecule has 2 aromatic carbocycles. The molecule has 0 fully saturated rings. The van der Waals surface area contributed by atoms with E-state index < -0.39 is 6.09 Å². The summed E-state index contributed by atoms with van der Waals surface area (Å²) in [5.74, 6) is 0. The van der Waals surface area contributed by atoms with E-state index in [1.165, 1.54) is 0 Å². The molecule has 34 heavy (non-hydrogen) atoms. The van der Waals surface area contributed by atoms with Crippen LogP contribution in [0.4, 0.5) is 4.79 Å². The Morgan fingerprint density at radius 1 is 1.03 bits per heavy atom. The van der Waals surface area contributed by atoms with Crippen molar-refractivity contribution in [3.05, 3.63) is 83.4 Å². The van der Waals surface area contributed by atoms with Gasteiger partial charge in [-0.15, -0.1) is 4.99 Å². The standard InChI is InChI=1S/C26H20N6O2/c1-15-4-6-17(12-27)10-22(15)32-24-20-11-18(19-7-5-16(2)28-13-19)8-9-21(20)29-14-23(24)31(3)25(32)30-26(33)34/h4-11,13-14H,1-3H3,(H,33,34)/b30-25+. The minimum Gasteiger partial charge on any atom is -0.463 e. The Hall–Kier alpha value is -4.77. The van der Waals surface area contributed by atoms with Crippen LogP contribution in [0.2, 0.25) is 0 Å². The number of aryl methyl sites for hydroxylation is 3. The highest BCUT2D eigenvalue weighted by atomic mass is 16.4. The third-order valence-electron chi connectivity index (χ3n) is 5.92. The van der Waals surface area contributed by atoms with Crippen LogP contribution in [0.5, 0.6) is 0 Å². The molecule has 3 heterocycles. The Morgan fingerprint density at radius 3 is 2.53 bits per heavy atom. The minimum absolute atomic E-state index is 0.220. The van der Waals surface area contributed by atoms with Crippen LogP contribution in [0.1, 0.15) is 16.8 Å². The van der Waals surface area contributed by atoms with Crippen LogP contribution >= 0.6 is 0 Å². The van der Waals surface area contributed by atoms with E-state index in [0.29, 0.717) is 16.8 Å². The molecule has 0 radical (unpaired) electrons. The van der Waals surface area contributed by atoms with Gasteiger partial charge < -0.3 is 9.67 Å². The van der Waals surface area contributed by atoms with Gasteiger partial charge in [-0.05, 0) is 55.3 Å². The second-order valence-corrected chi connectivity index (χ2v) is 8.11. The number of carbonyl (C=O) groups is 1. The molecule has 0 bridgehead atoms. The fraction of sp³-hybridized carbons (Fsp3) is 0.115. The van der Waals surface area contributed by atoms with Gasteiger partial charge in [0, 0.05) is 29.9 Å². The molecule has 0 aliphatic carbocycles. The van der Waals surface area contributed by atoms with Crippen LogP contribution in [0.3, 0.4) is 0 Å². The monoisotopic (exact) mass is 448 g/mol. The predicted molar refractivity (Wildman–Crippen MR) is 129 cm³/mol. The molecule has 8 nitrogen and oxygen atoms in total. The number of amides is 1. The number of pyridine rings is 2. The summed E-state index contributed by atoms with van der Waals surface area (Å²) in [6.07, 6.45) is 2.23. The van der Waals surface area contributed by atoms with E-state index in [4.69, 9.17) is 0 Å². The van der Waals surface area contributed by atoms with Crippen molar-refractivity contribution in [1.82, 2.24) is 19.1 Å². The van der Waals surface area contributed by atoms with Crippen molar-refractivity contribution >= 4 is 28.0 Å². The molecule has 0 saturated carbocycles. The van der Waals surface area contributed by atoms with Gasteiger partial charge in [-0.25, -0.2) is 4.79 Å². The zero-order valence-corrected chi connectivity index (χ0v) is 18.8. The number of hydrogen-bond acceptors (Lipinski definition) is 4. The van der Waals surface area contributed by atoms with Crippen LogP contribution in [0.25, 0.3) is 38.8 Å².